The van der Waals surface area contributed by atoms with Gasteiger partial charge in [-0.1, -0.05) is 36.4 Å². The van der Waals surface area contributed by atoms with Crippen molar-refractivity contribution in [3.63, 3.8) is 0 Å². The van der Waals surface area contributed by atoms with Gasteiger partial charge < -0.3 is 10.2 Å². The van der Waals surface area contributed by atoms with Crippen molar-refractivity contribution >= 4 is 6.03 Å². The molecule has 1 aromatic heterocycles. The summed E-state index contributed by atoms with van der Waals surface area (Å²) in [6.45, 7) is 3.38. The number of hydrogen-bond acceptors (Lipinski definition) is 2. The molecular formula is C19H23N3O. The number of pyridine rings is 1. The predicted molar refractivity (Wildman–Crippen MR) is 90.8 cm³/mol. The Bertz CT molecular complexity index is 626. The molecule has 4 nitrogen and oxygen atoms in total. The lowest BCUT2D eigenvalue weighted by Gasteiger charge is -2.30. The minimum atomic E-state index is -0.0149. The van der Waals surface area contributed by atoms with Crippen LogP contribution in [0.4, 0.5) is 4.79 Å². The van der Waals surface area contributed by atoms with Gasteiger partial charge in [0.05, 0.1) is 18.3 Å². The van der Waals surface area contributed by atoms with Crippen LogP contribution < -0.4 is 5.32 Å². The molecule has 0 unspecified atom stereocenters. The Hall–Kier alpha value is -2.36. The van der Waals surface area contributed by atoms with Crippen molar-refractivity contribution in [2.45, 2.75) is 32.4 Å². The average molecular weight is 309 g/mol. The maximum atomic E-state index is 12.7. The Balaban J connectivity index is 1.66. The molecule has 2 amide bonds. The van der Waals surface area contributed by atoms with Crippen LogP contribution in [0, 0.1) is 5.92 Å². The Kier molecular flexibility index (Phi) is 4.91. The summed E-state index contributed by atoms with van der Waals surface area (Å²) in [7, 11) is 0. The van der Waals surface area contributed by atoms with E-state index in [4.69, 9.17) is 0 Å². The molecule has 1 aliphatic carbocycles. The van der Waals surface area contributed by atoms with Gasteiger partial charge in [0.25, 0.3) is 0 Å². The topological polar surface area (TPSA) is 45.2 Å². The van der Waals surface area contributed by atoms with E-state index in [-0.39, 0.29) is 12.1 Å². The third-order valence-electron chi connectivity index (χ3n) is 4.31. The first-order valence-corrected chi connectivity index (χ1v) is 8.23. The number of urea groups is 1. The summed E-state index contributed by atoms with van der Waals surface area (Å²) in [5.41, 5.74) is 2.04. The van der Waals surface area contributed by atoms with E-state index in [1.54, 1.807) is 6.20 Å². The normalized spacial score (nSPS) is 15.0. The van der Waals surface area contributed by atoms with Crippen LogP contribution in [0.3, 0.4) is 0 Å². The molecule has 120 valence electrons. The van der Waals surface area contributed by atoms with E-state index in [0.29, 0.717) is 12.5 Å². The van der Waals surface area contributed by atoms with Gasteiger partial charge in [0.2, 0.25) is 0 Å². The van der Waals surface area contributed by atoms with Crippen molar-refractivity contribution in [3.8, 4) is 0 Å². The molecule has 3 rings (SSSR count). The number of amides is 2. The van der Waals surface area contributed by atoms with Gasteiger partial charge in [-0.3, -0.25) is 4.98 Å². The molecule has 0 saturated heterocycles. The molecular weight excluding hydrogens is 286 g/mol. The van der Waals surface area contributed by atoms with E-state index in [1.807, 2.05) is 41.3 Å². The highest BCUT2D eigenvalue weighted by molar-refractivity contribution is 5.74. The summed E-state index contributed by atoms with van der Waals surface area (Å²) < 4.78 is 0. The summed E-state index contributed by atoms with van der Waals surface area (Å²) in [6.07, 6.45) is 4.20. The Morgan fingerprint density at radius 2 is 1.96 bits per heavy atom. The van der Waals surface area contributed by atoms with E-state index >= 15 is 0 Å². The van der Waals surface area contributed by atoms with E-state index < -0.39 is 0 Å². The molecule has 1 atom stereocenters. The highest BCUT2D eigenvalue weighted by Gasteiger charge is 2.30. The van der Waals surface area contributed by atoms with Crippen LogP contribution in [0.2, 0.25) is 0 Å². The molecule has 1 aromatic carbocycles. The van der Waals surface area contributed by atoms with Gasteiger partial charge in [0.15, 0.2) is 0 Å². The molecule has 1 saturated carbocycles. The SMILES string of the molecule is C[C@@H](c1ccccc1)N(CC1CC1)C(=O)NCc1ccccn1. The summed E-state index contributed by atoms with van der Waals surface area (Å²) in [5, 5.41) is 3.01. The van der Waals surface area contributed by atoms with Gasteiger partial charge in [0, 0.05) is 12.7 Å². The van der Waals surface area contributed by atoms with Crippen LogP contribution in [-0.4, -0.2) is 22.5 Å². The van der Waals surface area contributed by atoms with E-state index in [0.717, 1.165) is 12.2 Å². The molecule has 0 radical (unpaired) electrons. The van der Waals surface area contributed by atoms with Crippen LogP contribution in [0.1, 0.15) is 37.1 Å². The lowest BCUT2D eigenvalue weighted by atomic mass is 10.1. The second-order valence-corrected chi connectivity index (χ2v) is 6.16. The summed E-state index contributed by atoms with van der Waals surface area (Å²) in [5.74, 6) is 0.654. The van der Waals surface area contributed by atoms with Gasteiger partial charge in [-0.05, 0) is 43.4 Å². The van der Waals surface area contributed by atoms with Crippen LogP contribution in [-0.2, 0) is 6.54 Å². The predicted octanol–water partition coefficient (Wildman–Crippen LogP) is 3.76. The third-order valence-corrected chi connectivity index (χ3v) is 4.31. The van der Waals surface area contributed by atoms with Gasteiger partial charge >= 0.3 is 6.03 Å². The first-order valence-electron chi connectivity index (χ1n) is 8.23. The van der Waals surface area contributed by atoms with E-state index in [2.05, 4.69) is 29.4 Å². The Morgan fingerprint density at radius 1 is 1.22 bits per heavy atom. The second kappa shape index (κ2) is 7.27. The lowest BCUT2D eigenvalue weighted by molar-refractivity contribution is 0.175. The fourth-order valence-corrected chi connectivity index (χ4v) is 2.68. The molecule has 23 heavy (non-hydrogen) atoms. The van der Waals surface area contributed by atoms with Gasteiger partial charge in [-0.15, -0.1) is 0 Å². The van der Waals surface area contributed by atoms with Crippen molar-refractivity contribution in [2.75, 3.05) is 6.54 Å². The molecule has 1 N–H and O–H groups in total. The van der Waals surface area contributed by atoms with E-state index in [1.165, 1.54) is 18.4 Å². The van der Waals surface area contributed by atoms with Crippen LogP contribution in [0.5, 0.6) is 0 Å². The lowest BCUT2D eigenvalue weighted by Crippen LogP contribution is -2.42. The summed E-state index contributed by atoms with van der Waals surface area (Å²) in [4.78, 5) is 18.9. The first kappa shape index (κ1) is 15.5. The van der Waals surface area contributed by atoms with Crippen LogP contribution in [0.25, 0.3) is 0 Å². The largest absolute Gasteiger partial charge is 0.332 e. The van der Waals surface area contributed by atoms with Gasteiger partial charge in [0.1, 0.15) is 0 Å². The summed E-state index contributed by atoms with van der Waals surface area (Å²) in [6, 6.07) is 16.0. The number of hydrogen-bond donors (Lipinski definition) is 1. The fourth-order valence-electron chi connectivity index (χ4n) is 2.68. The molecule has 1 heterocycles. The molecule has 1 fully saturated rings. The standard InChI is InChI=1S/C19H23N3O/c1-15(17-7-3-2-4-8-17)22(14-16-10-11-16)19(23)21-13-18-9-5-6-12-20-18/h2-9,12,15-16H,10-11,13-14H2,1H3,(H,21,23)/t15-/m0/s1. The van der Waals surface area contributed by atoms with Crippen molar-refractivity contribution in [1.82, 2.24) is 15.2 Å². The monoisotopic (exact) mass is 309 g/mol. The van der Waals surface area contributed by atoms with Crippen LogP contribution in [0.15, 0.2) is 54.7 Å². The second-order valence-electron chi connectivity index (χ2n) is 6.16. The molecule has 0 bridgehead atoms. The molecule has 2 aromatic rings. The number of nitrogens with zero attached hydrogens (tertiary/aromatic N) is 2. The quantitative estimate of drug-likeness (QED) is 0.883. The Morgan fingerprint density at radius 3 is 2.61 bits per heavy atom. The minimum absolute atomic E-state index is 0.0149. The fraction of sp³-hybridized carbons (Fsp3) is 0.368. The molecule has 0 aliphatic heterocycles. The number of carbonyl (C=O) groups excluding carboxylic acids is 1. The zero-order valence-corrected chi connectivity index (χ0v) is 13.5. The number of nitrogens with one attached hydrogen (secondary N) is 1. The molecule has 0 spiro atoms. The minimum Gasteiger partial charge on any atom is -0.332 e. The zero-order chi connectivity index (χ0) is 16.1. The zero-order valence-electron chi connectivity index (χ0n) is 13.5. The van der Waals surface area contributed by atoms with Crippen LogP contribution >= 0.6 is 0 Å². The highest BCUT2D eigenvalue weighted by Crippen LogP contribution is 2.32. The maximum absolute atomic E-state index is 12.7. The number of aromatic nitrogens is 1. The number of rotatable bonds is 6. The van der Waals surface area contributed by atoms with Crippen molar-refractivity contribution in [1.29, 1.82) is 0 Å². The van der Waals surface area contributed by atoms with Crippen molar-refractivity contribution in [2.24, 2.45) is 5.92 Å². The smallest absolute Gasteiger partial charge is 0.318 e. The van der Waals surface area contributed by atoms with Crippen molar-refractivity contribution < 1.29 is 4.79 Å². The van der Waals surface area contributed by atoms with Crippen molar-refractivity contribution in [3.05, 3.63) is 66.0 Å². The number of carbonyl (C=O) groups is 1. The van der Waals surface area contributed by atoms with Gasteiger partial charge in [-0.2, -0.15) is 0 Å². The average Bonchev–Trinajstić information content (AvgIpc) is 3.43. The first-order chi connectivity index (χ1) is 11.2. The third kappa shape index (κ3) is 4.31. The highest BCUT2D eigenvalue weighted by atomic mass is 16.2. The van der Waals surface area contributed by atoms with Gasteiger partial charge in [-0.25, -0.2) is 4.79 Å². The maximum Gasteiger partial charge on any atom is 0.318 e. The van der Waals surface area contributed by atoms with E-state index in [9.17, 15) is 4.79 Å². The molecule has 4 heteroatoms. The number of benzene rings is 1. The Labute approximate surface area is 137 Å². The molecule has 1 aliphatic rings. The summed E-state index contributed by atoms with van der Waals surface area (Å²) >= 11 is 0.